The highest BCUT2D eigenvalue weighted by Gasteiger charge is 2.66. The molecule has 2 saturated carbocycles. The van der Waals surface area contributed by atoms with Crippen molar-refractivity contribution >= 4 is 5.78 Å². The van der Waals surface area contributed by atoms with Crippen LogP contribution in [-0.4, -0.2) is 36.0 Å². The summed E-state index contributed by atoms with van der Waals surface area (Å²) in [7, 11) is 0. The third-order valence-electron chi connectivity index (χ3n) is 6.31. The van der Waals surface area contributed by atoms with Gasteiger partial charge in [-0.05, 0) is 44.2 Å². The van der Waals surface area contributed by atoms with E-state index in [1.807, 2.05) is 0 Å². The summed E-state index contributed by atoms with van der Waals surface area (Å²) in [6.45, 7) is 15.3. The van der Waals surface area contributed by atoms with E-state index < -0.39 is 0 Å². The second kappa shape index (κ2) is 4.85. The first-order valence-electron chi connectivity index (χ1n) is 7.84. The van der Waals surface area contributed by atoms with Crippen molar-refractivity contribution < 1.29 is 4.79 Å². The molecule has 0 aliphatic heterocycles. The Morgan fingerprint density at radius 2 is 1.89 bits per heavy atom. The van der Waals surface area contributed by atoms with Crippen molar-refractivity contribution in [1.82, 2.24) is 10.2 Å². The van der Waals surface area contributed by atoms with Crippen LogP contribution in [0.15, 0.2) is 0 Å². The molecule has 4 unspecified atom stereocenters. The van der Waals surface area contributed by atoms with Crippen LogP contribution in [0.3, 0.4) is 0 Å². The van der Waals surface area contributed by atoms with Gasteiger partial charge in [-0.25, -0.2) is 0 Å². The van der Waals surface area contributed by atoms with Crippen molar-refractivity contribution in [3.63, 3.8) is 0 Å². The van der Waals surface area contributed by atoms with Gasteiger partial charge in [0.05, 0.1) is 12.2 Å². The van der Waals surface area contributed by atoms with Crippen molar-refractivity contribution in [2.45, 2.75) is 66.6 Å². The summed E-state index contributed by atoms with van der Waals surface area (Å²) in [5, 5.41) is 3.62. The van der Waals surface area contributed by atoms with Crippen LogP contribution in [0.1, 0.15) is 54.4 Å². The van der Waals surface area contributed by atoms with Crippen molar-refractivity contribution in [1.29, 1.82) is 0 Å². The molecule has 19 heavy (non-hydrogen) atoms. The van der Waals surface area contributed by atoms with Crippen LogP contribution in [0.2, 0.25) is 0 Å². The summed E-state index contributed by atoms with van der Waals surface area (Å²) < 4.78 is 0. The lowest BCUT2D eigenvalue weighted by Crippen LogP contribution is -2.53. The summed E-state index contributed by atoms with van der Waals surface area (Å²) in [4.78, 5) is 15.1. The Balaban J connectivity index is 2.14. The number of ketones is 1. The predicted octanol–water partition coefficient (Wildman–Crippen LogP) is 2.66. The predicted molar refractivity (Wildman–Crippen MR) is 78.9 cm³/mol. The highest BCUT2D eigenvalue weighted by atomic mass is 16.1. The largest absolute Gasteiger partial charge is 0.297 e. The maximum absolute atomic E-state index is 12.8. The third-order valence-corrected chi connectivity index (χ3v) is 6.31. The maximum atomic E-state index is 12.8. The molecule has 0 aromatic rings. The number of Topliss-reactive ketones (excluding diaryl/α,β-unsaturated/α-hetero) is 1. The van der Waals surface area contributed by atoms with Gasteiger partial charge in [0.1, 0.15) is 0 Å². The van der Waals surface area contributed by atoms with Crippen LogP contribution in [0.5, 0.6) is 0 Å². The molecule has 2 fully saturated rings. The van der Waals surface area contributed by atoms with Gasteiger partial charge in [-0.1, -0.05) is 34.6 Å². The average Bonchev–Trinajstić information content (AvgIpc) is 2.65. The van der Waals surface area contributed by atoms with E-state index in [1.54, 1.807) is 0 Å². The fourth-order valence-electron chi connectivity index (χ4n) is 4.41. The van der Waals surface area contributed by atoms with Gasteiger partial charge in [-0.3, -0.25) is 15.0 Å². The van der Waals surface area contributed by atoms with E-state index >= 15 is 0 Å². The number of nitrogens with one attached hydrogen (secondary N) is 1. The second-order valence-corrected chi connectivity index (χ2v) is 7.10. The van der Waals surface area contributed by atoms with E-state index in [0.717, 1.165) is 19.5 Å². The molecule has 0 saturated heterocycles. The monoisotopic (exact) mass is 266 g/mol. The van der Waals surface area contributed by atoms with Crippen molar-refractivity contribution in [3.8, 4) is 0 Å². The fraction of sp³-hybridized carbons (Fsp3) is 0.938. The Hall–Kier alpha value is -0.410. The summed E-state index contributed by atoms with van der Waals surface area (Å²) in [6.07, 6.45) is 2.54. The minimum absolute atomic E-state index is 0.0596. The van der Waals surface area contributed by atoms with Gasteiger partial charge < -0.3 is 0 Å². The second-order valence-electron chi connectivity index (χ2n) is 7.10. The van der Waals surface area contributed by atoms with Gasteiger partial charge in [0.25, 0.3) is 0 Å². The molecule has 2 aliphatic carbocycles. The molecular weight excluding hydrogens is 236 g/mol. The Morgan fingerprint density at radius 3 is 2.32 bits per heavy atom. The molecule has 0 radical (unpaired) electrons. The van der Waals surface area contributed by atoms with E-state index in [-0.39, 0.29) is 23.0 Å². The molecule has 110 valence electrons. The van der Waals surface area contributed by atoms with Crippen LogP contribution < -0.4 is 5.32 Å². The fourth-order valence-corrected chi connectivity index (χ4v) is 4.41. The minimum Gasteiger partial charge on any atom is -0.297 e. The number of hydrogen-bond donors (Lipinski definition) is 1. The Morgan fingerprint density at radius 1 is 1.32 bits per heavy atom. The highest BCUT2D eigenvalue weighted by Crippen LogP contribution is 2.63. The third kappa shape index (κ3) is 1.97. The number of carbonyl (C=O) groups excluding carboxylic acids is 1. The maximum Gasteiger partial charge on any atom is 0.156 e. The average molecular weight is 266 g/mol. The quantitative estimate of drug-likeness (QED) is 0.777. The lowest BCUT2D eigenvalue weighted by Gasteiger charge is -2.33. The first-order chi connectivity index (χ1) is 8.79. The molecule has 0 spiro atoms. The molecule has 4 atom stereocenters. The topological polar surface area (TPSA) is 32.3 Å². The zero-order chi connectivity index (χ0) is 14.4. The van der Waals surface area contributed by atoms with Crippen LogP contribution in [0.25, 0.3) is 0 Å². The van der Waals surface area contributed by atoms with Gasteiger partial charge in [-0.15, -0.1) is 0 Å². The number of fused-ring (bicyclic) bond motifs is 2. The number of carbonyl (C=O) groups is 1. The molecule has 0 aromatic carbocycles. The molecule has 2 bridgehead atoms. The molecule has 3 nitrogen and oxygen atoms in total. The van der Waals surface area contributed by atoms with Gasteiger partial charge in [-0.2, -0.15) is 0 Å². The number of rotatable bonds is 5. The molecule has 1 N–H and O–H groups in total. The number of nitrogens with zero attached hydrogens (tertiary/aromatic N) is 1. The Kier molecular flexibility index (Phi) is 3.83. The molecule has 0 amide bonds. The molecule has 2 rings (SSSR count). The van der Waals surface area contributed by atoms with Crippen molar-refractivity contribution in [3.05, 3.63) is 0 Å². The normalized spacial score (nSPS) is 38.2. The summed E-state index contributed by atoms with van der Waals surface area (Å²) >= 11 is 0. The molecular formula is C16H30N2O. The Labute approximate surface area is 118 Å². The number of hydrogen-bond acceptors (Lipinski definition) is 3. The highest BCUT2D eigenvalue weighted by molar-refractivity contribution is 5.94. The molecule has 3 heteroatoms. The van der Waals surface area contributed by atoms with Crippen molar-refractivity contribution in [2.24, 2.45) is 16.7 Å². The standard InChI is InChI=1S/C16H30N2O/c1-7-18(8-2)11(3)17-13-12-9-10-16(6,14(13)19)15(12,4)5/h11-13,17H,7-10H2,1-6H3. The van der Waals surface area contributed by atoms with Gasteiger partial charge in [0, 0.05) is 5.41 Å². The summed E-state index contributed by atoms with van der Waals surface area (Å²) in [6, 6.07) is 0.0596. The first kappa shape index (κ1) is 15.0. The lowest BCUT2D eigenvalue weighted by molar-refractivity contribution is -0.130. The Bertz CT molecular complexity index is 362. The SMILES string of the molecule is CCN(CC)C(C)NC1C(=O)C2(C)CCC1C2(C)C. The lowest BCUT2D eigenvalue weighted by atomic mass is 9.70. The van der Waals surface area contributed by atoms with Gasteiger partial charge in [0.15, 0.2) is 5.78 Å². The van der Waals surface area contributed by atoms with E-state index in [2.05, 4.69) is 51.8 Å². The van der Waals surface area contributed by atoms with E-state index in [0.29, 0.717) is 11.7 Å². The van der Waals surface area contributed by atoms with E-state index in [4.69, 9.17) is 0 Å². The van der Waals surface area contributed by atoms with Gasteiger partial charge >= 0.3 is 0 Å². The van der Waals surface area contributed by atoms with Gasteiger partial charge in [0.2, 0.25) is 0 Å². The zero-order valence-corrected chi connectivity index (χ0v) is 13.4. The summed E-state index contributed by atoms with van der Waals surface area (Å²) in [5.41, 5.74) is 0.0308. The van der Waals surface area contributed by atoms with Crippen LogP contribution in [0, 0.1) is 16.7 Å². The first-order valence-corrected chi connectivity index (χ1v) is 7.84. The van der Waals surface area contributed by atoms with Crippen molar-refractivity contribution in [2.75, 3.05) is 13.1 Å². The smallest absolute Gasteiger partial charge is 0.156 e. The van der Waals surface area contributed by atoms with E-state index in [1.165, 1.54) is 6.42 Å². The zero-order valence-electron chi connectivity index (χ0n) is 13.4. The molecule has 0 aromatic heterocycles. The molecule has 0 heterocycles. The molecule has 2 aliphatic rings. The summed E-state index contributed by atoms with van der Waals surface area (Å²) in [5.74, 6) is 0.954. The van der Waals surface area contributed by atoms with E-state index in [9.17, 15) is 4.79 Å². The minimum atomic E-state index is -0.113. The van der Waals surface area contributed by atoms with Crippen LogP contribution >= 0.6 is 0 Å². The van der Waals surface area contributed by atoms with Crippen LogP contribution in [0.4, 0.5) is 0 Å². The van der Waals surface area contributed by atoms with Crippen LogP contribution in [-0.2, 0) is 4.79 Å².